The second-order valence-corrected chi connectivity index (χ2v) is 5.41. The monoisotopic (exact) mass is 279 g/mol. The summed E-state index contributed by atoms with van der Waals surface area (Å²) in [5.41, 5.74) is 0.488. The highest BCUT2D eigenvalue weighted by Gasteiger charge is 2.08. The van der Waals surface area contributed by atoms with Crippen LogP contribution in [0.4, 0.5) is 5.69 Å². The van der Waals surface area contributed by atoms with Crippen LogP contribution in [0.25, 0.3) is 0 Å². The van der Waals surface area contributed by atoms with Crippen LogP contribution < -0.4 is 4.72 Å². The number of nitrogens with one attached hydrogen (secondary N) is 1. The van der Waals surface area contributed by atoms with Crippen LogP contribution in [0.5, 0.6) is 0 Å². The fourth-order valence-corrected chi connectivity index (χ4v) is 1.97. The molecule has 0 aliphatic carbocycles. The number of aliphatic hydroxyl groups is 1. The van der Waals surface area contributed by atoms with Gasteiger partial charge in [-0.3, -0.25) is 4.72 Å². The van der Waals surface area contributed by atoms with E-state index in [1.54, 1.807) is 24.3 Å². The predicted molar refractivity (Wildman–Crippen MR) is 58.6 cm³/mol. The van der Waals surface area contributed by atoms with Crippen LogP contribution in [0.1, 0.15) is 0 Å². The van der Waals surface area contributed by atoms with E-state index in [4.69, 9.17) is 5.11 Å². The Balaban J connectivity index is 2.74. The molecule has 6 heteroatoms. The Bertz CT molecular complexity index is 388. The Hall–Kier alpha value is -0.590. The van der Waals surface area contributed by atoms with Gasteiger partial charge in [0.1, 0.15) is 0 Å². The lowest BCUT2D eigenvalue weighted by Gasteiger charge is -2.05. The lowest BCUT2D eigenvalue weighted by atomic mass is 10.3. The first kappa shape index (κ1) is 11.5. The number of halogens is 1. The van der Waals surface area contributed by atoms with Crippen molar-refractivity contribution in [1.29, 1.82) is 0 Å². The third-order valence-corrected chi connectivity index (χ3v) is 3.27. The van der Waals surface area contributed by atoms with Gasteiger partial charge in [-0.1, -0.05) is 15.9 Å². The molecule has 0 fully saturated rings. The fourth-order valence-electron chi connectivity index (χ4n) is 0.869. The van der Waals surface area contributed by atoms with E-state index in [1.807, 2.05) is 0 Å². The maximum atomic E-state index is 11.2. The lowest BCUT2D eigenvalue weighted by Crippen LogP contribution is -2.18. The van der Waals surface area contributed by atoms with E-state index in [9.17, 15) is 8.42 Å². The third kappa shape index (κ3) is 3.65. The molecule has 1 aromatic carbocycles. The van der Waals surface area contributed by atoms with Gasteiger partial charge < -0.3 is 5.11 Å². The van der Waals surface area contributed by atoms with Gasteiger partial charge in [-0.05, 0) is 24.3 Å². The van der Waals surface area contributed by atoms with Crippen molar-refractivity contribution in [2.45, 2.75) is 0 Å². The van der Waals surface area contributed by atoms with E-state index in [0.29, 0.717) is 5.69 Å². The molecule has 4 nitrogen and oxygen atoms in total. The van der Waals surface area contributed by atoms with Crippen LogP contribution in [-0.2, 0) is 10.0 Å². The van der Waals surface area contributed by atoms with Crippen LogP contribution in [0.3, 0.4) is 0 Å². The number of rotatable bonds is 4. The van der Waals surface area contributed by atoms with Crippen molar-refractivity contribution in [2.24, 2.45) is 0 Å². The molecule has 0 saturated carbocycles. The van der Waals surface area contributed by atoms with Gasteiger partial charge in [0.05, 0.1) is 12.4 Å². The van der Waals surface area contributed by atoms with Gasteiger partial charge >= 0.3 is 0 Å². The number of sulfonamides is 1. The topological polar surface area (TPSA) is 66.4 Å². The first-order valence-corrected chi connectivity index (χ1v) is 6.35. The van der Waals surface area contributed by atoms with Crippen LogP contribution in [0.15, 0.2) is 28.7 Å². The summed E-state index contributed by atoms with van der Waals surface area (Å²) in [5, 5.41) is 8.50. The first-order valence-electron chi connectivity index (χ1n) is 3.90. The first-order chi connectivity index (χ1) is 6.53. The van der Waals surface area contributed by atoms with Crippen LogP contribution in [0.2, 0.25) is 0 Å². The number of hydrogen-bond acceptors (Lipinski definition) is 3. The fraction of sp³-hybridized carbons (Fsp3) is 0.250. The van der Waals surface area contributed by atoms with Crippen molar-refractivity contribution in [3.8, 4) is 0 Å². The standard InChI is InChI=1S/C8H10BrNO3S/c9-7-1-3-8(4-2-7)10-14(12,13)6-5-11/h1-4,10-11H,5-6H2. The molecule has 1 rings (SSSR count). The number of benzene rings is 1. The molecule has 2 N–H and O–H groups in total. The molecule has 0 unspecified atom stereocenters. The quantitative estimate of drug-likeness (QED) is 0.870. The molecule has 0 spiro atoms. The molecule has 0 bridgehead atoms. The van der Waals surface area contributed by atoms with E-state index in [2.05, 4.69) is 20.7 Å². The minimum absolute atomic E-state index is 0.289. The summed E-state index contributed by atoms with van der Waals surface area (Å²) >= 11 is 3.24. The maximum Gasteiger partial charge on any atom is 0.234 e. The predicted octanol–water partition coefficient (Wildman–Crippen LogP) is 1.18. The van der Waals surface area contributed by atoms with Gasteiger partial charge in [-0.15, -0.1) is 0 Å². The van der Waals surface area contributed by atoms with E-state index in [1.165, 1.54) is 0 Å². The maximum absolute atomic E-state index is 11.2. The molecular formula is C8H10BrNO3S. The molecule has 0 aliphatic heterocycles. The zero-order valence-electron chi connectivity index (χ0n) is 7.27. The average Bonchev–Trinajstić information content (AvgIpc) is 2.08. The molecule has 0 atom stereocenters. The summed E-state index contributed by atoms with van der Waals surface area (Å²) < 4.78 is 25.6. The molecule has 1 aromatic rings. The zero-order chi connectivity index (χ0) is 10.6. The third-order valence-electron chi connectivity index (χ3n) is 1.48. The summed E-state index contributed by atoms with van der Waals surface area (Å²) in [5.74, 6) is -0.289. The number of anilines is 1. The Morgan fingerprint density at radius 2 is 1.86 bits per heavy atom. The van der Waals surface area contributed by atoms with Gasteiger partial charge in [0.15, 0.2) is 0 Å². The van der Waals surface area contributed by atoms with Crippen molar-refractivity contribution >= 4 is 31.6 Å². The van der Waals surface area contributed by atoms with E-state index >= 15 is 0 Å². The molecule has 0 aliphatic rings. The van der Waals surface area contributed by atoms with Gasteiger partial charge in [0.2, 0.25) is 10.0 Å². The molecular weight excluding hydrogens is 270 g/mol. The molecule has 0 aromatic heterocycles. The molecule has 0 radical (unpaired) electrons. The molecule has 14 heavy (non-hydrogen) atoms. The van der Waals surface area contributed by atoms with E-state index in [0.717, 1.165) is 4.47 Å². The normalized spacial score (nSPS) is 11.3. The SMILES string of the molecule is O=S(=O)(CCO)Nc1ccc(Br)cc1. The van der Waals surface area contributed by atoms with E-state index < -0.39 is 10.0 Å². The smallest absolute Gasteiger partial charge is 0.234 e. The lowest BCUT2D eigenvalue weighted by molar-refractivity contribution is 0.320. The average molecular weight is 280 g/mol. The van der Waals surface area contributed by atoms with Crippen LogP contribution in [0, 0.1) is 0 Å². The van der Waals surface area contributed by atoms with E-state index in [-0.39, 0.29) is 12.4 Å². The van der Waals surface area contributed by atoms with Crippen molar-refractivity contribution in [3.63, 3.8) is 0 Å². The second kappa shape index (κ2) is 4.77. The van der Waals surface area contributed by atoms with Crippen molar-refractivity contribution < 1.29 is 13.5 Å². The number of aliphatic hydroxyl groups excluding tert-OH is 1. The second-order valence-electron chi connectivity index (χ2n) is 2.65. The Morgan fingerprint density at radius 1 is 1.29 bits per heavy atom. The minimum atomic E-state index is -3.41. The van der Waals surface area contributed by atoms with Crippen molar-refractivity contribution in [3.05, 3.63) is 28.7 Å². The molecule has 78 valence electrons. The van der Waals surface area contributed by atoms with Gasteiger partial charge in [0.25, 0.3) is 0 Å². The summed E-state index contributed by atoms with van der Waals surface area (Å²) in [7, 11) is -3.41. The Labute approximate surface area is 91.1 Å². The van der Waals surface area contributed by atoms with Crippen molar-refractivity contribution in [1.82, 2.24) is 0 Å². The van der Waals surface area contributed by atoms with Gasteiger partial charge in [-0.2, -0.15) is 0 Å². The summed E-state index contributed by atoms with van der Waals surface area (Å²) in [6.45, 7) is -0.383. The van der Waals surface area contributed by atoms with Gasteiger partial charge in [0, 0.05) is 10.2 Å². The Kier molecular flexibility index (Phi) is 3.91. The molecule has 0 saturated heterocycles. The summed E-state index contributed by atoms with van der Waals surface area (Å²) in [4.78, 5) is 0. The van der Waals surface area contributed by atoms with Gasteiger partial charge in [-0.25, -0.2) is 8.42 Å². The molecule has 0 amide bonds. The van der Waals surface area contributed by atoms with Crippen LogP contribution in [-0.4, -0.2) is 25.9 Å². The zero-order valence-corrected chi connectivity index (χ0v) is 9.68. The van der Waals surface area contributed by atoms with Crippen molar-refractivity contribution in [2.75, 3.05) is 17.1 Å². The summed E-state index contributed by atoms with van der Waals surface area (Å²) in [6.07, 6.45) is 0. The molecule has 0 heterocycles. The number of hydrogen-bond donors (Lipinski definition) is 2. The largest absolute Gasteiger partial charge is 0.395 e. The Morgan fingerprint density at radius 3 is 2.36 bits per heavy atom. The highest BCUT2D eigenvalue weighted by atomic mass is 79.9. The van der Waals surface area contributed by atoms with Crippen LogP contribution >= 0.6 is 15.9 Å². The highest BCUT2D eigenvalue weighted by molar-refractivity contribution is 9.10. The highest BCUT2D eigenvalue weighted by Crippen LogP contribution is 2.15. The minimum Gasteiger partial charge on any atom is -0.395 e. The summed E-state index contributed by atoms with van der Waals surface area (Å²) in [6, 6.07) is 6.74.